The third-order valence-corrected chi connectivity index (χ3v) is 3.50. The normalized spacial score (nSPS) is 10.5. The number of ether oxygens (including phenoxy) is 1. The highest BCUT2D eigenvalue weighted by Gasteiger charge is 2.21. The fourth-order valence-corrected chi connectivity index (χ4v) is 1.90. The van der Waals surface area contributed by atoms with E-state index in [4.69, 9.17) is 21.4 Å². The highest BCUT2D eigenvalue weighted by atomic mass is 35.5. The van der Waals surface area contributed by atoms with E-state index in [9.17, 15) is 14.7 Å². The predicted octanol–water partition coefficient (Wildman–Crippen LogP) is 0.699. The Morgan fingerprint density at radius 2 is 1.50 bits per heavy atom. The van der Waals surface area contributed by atoms with Gasteiger partial charge in [-0.15, -0.1) is 0 Å². The molecule has 6 nitrogen and oxygen atoms in total. The average molecular weight is 380 g/mol. The lowest BCUT2D eigenvalue weighted by Gasteiger charge is -2.27. The Balaban J connectivity index is 0.000000765. The molecule has 26 heavy (non-hydrogen) atoms. The molecule has 0 spiro atoms. The van der Waals surface area contributed by atoms with Gasteiger partial charge < -0.3 is 25.5 Å². The summed E-state index contributed by atoms with van der Waals surface area (Å²) in [7, 11) is 0. The Kier molecular flexibility index (Phi) is 8.25. The number of rotatable bonds is 6. The molecule has 0 aliphatic heterocycles. The molecule has 0 saturated heterocycles. The van der Waals surface area contributed by atoms with E-state index in [1.54, 1.807) is 48.5 Å². The van der Waals surface area contributed by atoms with Crippen molar-refractivity contribution < 1.29 is 30.3 Å². The summed E-state index contributed by atoms with van der Waals surface area (Å²) in [5.74, 6) is -1.11. The first-order valence-corrected chi connectivity index (χ1v) is 8.30. The first kappa shape index (κ1) is 21.6. The Morgan fingerprint density at radius 1 is 1.08 bits per heavy atom. The standard InChI is InChI=1S/C17H15ClO4.C2H7NO/c1-17(2,16(20)21)22-14-9-5-12(6-10-14)15(19)11-3-7-13(18)8-4-11;3-1-2-4/h3-10H,1-2H3,(H,20,21);4H,1-3H2. The summed E-state index contributed by atoms with van der Waals surface area (Å²) >= 11 is 5.79. The van der Waals surface area contributed by atoms with Crippen LogP contribution in [0.2, 0.25) is 5.02 Å². The van der Waals surface area contributed by atoms with Crippen LogP contribution in [0, 0.1) is 0 Å². The second-order valence-corrected chi connectivity index (χ2v) is 6.27. The molecular formula is C19H22ClNO5. The van der Waals surface area contributed by atoms with Crippen molar-refractivity contribution >= 4 is 23.4 Å². The maximum absolute atomic E-state index is 12.3. The number of carbonyl (C=O) groups is 2. The molecule has 2 aromatic carbocycles. The lowest BCUT2D eigenvalue weighted by molar-refractivity contribution is -0.372. The van der Waals surface area contributed by atoms with Crippen LogP contribution in [0.5, 0.6) is 5.75 Å². The molecule has 0 atom stereocenters. The van der Waals surface area contributed by atoms with Gasteiger partial charge in [0.25, 0.3) is 0 Å². The van der Waals surface area contributed by atoms with E-state index >= 15 is 0 Å². The number of aliphatic carboxylic acids is 1. The summed E-state index contributed by atoms with van der Waals surface area (Å²) in [4.78, 5) is 23.2. The summed E-state index contributed by atoms with van der Waals surface area (Å²) in [6.45, 7) is 3.63. The van der Waals surface area contributed by atoms with E-state index in [2.05, 4.69) is 5.73 Å². The Labute approximate surface area is 157 Å². The van der Waals surface area contributed by atoms with Gasteiger partial charge in [-0.3, -0.25) is 4.79 Å². The monoisotopic (exact) mass is 379 g/mol. The molecule has 0 fully saturated rings. The smallest absolute Gasteiger partial charge is 0.193 e. The van der Waals surface area contributed by atoms with Crippen LogP contribution in [-0.2, 0) is 4.79 Å². The van der Waals surface area contributed by atoms with Gasteiger partial charge in [-0.05, 0) is 62.4 Å². The van der Waals surface area contributed by atoms with Crippen molar-refractivity contribution in [3.05, 3.63) is 64.7 Å². The van der Waals surface area contributed by atoms with Gasteiger partial charge in [0.15, 0.2) is 5.78 Å². The minimum Gasteiger partial charge on any atom is -0.546 e. The number of quaternary nitrogens is 1. The number of carbonyl (C=O) groups excluding carboxylic acids is 2. The van der Waals surface area contributed by atoms with E-state index < -0.39 is 11.6 Å². The molecule has 0 heterocycles. The predicted molar refractivity (Wildman–Crippen MR) is 95.9 cm³/mol. The van der Waals surface area contributed by atoms with Crippen LogP contribution in [-0.4, -0.2) is 35.6 Å². The van der Waals surface area contributed by atoms with Crippen LogP contribution < -0.4 is 15.6 Å². The van der Waals surface area contributed by atoms with E-state index in [1.807, 2.05) is 0 Å². The molecule has 0 bridgehead atoms. The van der Waals surface area contributed by atoms with Gasteiger partial charge in [0.05, 0.1) is 19.1 Å². The van der Waals surface area contributed by atoms with Crippen LogP contribution in [0.25, 0.3) is 0 Å². The van der Waals surface area contributed by atoms with Crippen molar-refractivity contribution in [3.8, 4) is 5.75 Å². The second-order valence-electron chi connectivity index (χ2n) is 5.84. The molecule has 0 aliphatic carbocycles. The topological polar surface area (TPSA) is 114 Å². The van der Waals surface area contributed by atoms with Crippen LogP contribution >= 0.6 is 11.6 Å². The summed E-state index contributed by atoms with van der Waals surface area (Å²) < 4.78 is 5.33. The maximum Gasteiger partial charge on any atom is 0.193 e. The average Bonchev–Trinajstić information content (AvgIpc) is 2.62. The molecule has 0 amide bonds. The molecule has 4 N–H and O–H groups in total. The van der Waals surface area contributed by atoms with Gasteiger partial charge in [-0.1, -0.05) is 11.6 Å². The van der Waals surface area contributed by atoms with Crippen LogP contribution in [0.1, 0.15) is 29.8 Å². The summed E-state index contributed by atoms with van der Waals surface area (Å²) in [6, 6.07) is 12.9. The molecule has 140 valence electrons. The first-order valence-electron chi connectivity index (χ1n) is 7.92. The minimum absolute atomic E-state index is 0.151. The zero-order valence-corrected chi connectivity index (χ0v) is 15.5. The molecule has 0 unspecified atom stereocenters. The molecule has 2 rings (SSSR count). The Bertz CT molecular complexity index is 725. The third-order valence-electron chi connectivity index (χ3n) is 3.25. The van der Waals surface area contributed by atoms with Crippen molar-refractivity contribution in [1.82, 2.24) is 0 Å². The Morgan fingerprint density at radius 3 is 1.88 bits per heavy atom. The molecule has 0 aliphatic rings. The van der Waals surface area contributed by atoms with Gasteiger partial charge in [-0.2, -0.15) is 0 Å². The summed E-state index contributed by atoms with van der Waals surface area (Å²) in [6.07, 6.45) is 0. The lowest BCUT2D eigenvalue weighted by atomic mass is 10.0. The van der Waals surface area contributed by atoms with Crippen molar-refractivity contribution in [2.75, 3.05) is 13.2 Å². The van der Waals surface area contributed by atoms with Crippen LogP contribution in [0.4, 0.5) is 0 Å². The van der Waals surface area contributed by atoms with Crippen molar-refractivity contribution in [2.24, 2.45) is 0 Å². The zero-order valence-electron chi connectivity index (χ0n) is 14.7. The van der Waals surface area contributed by atoms with E-state index in [0.29, 0.717) is 28.4 Å². The quantitative estimate of drug-likeness (QED) is 0.717. The van der Waals surface area contributed by atoms with Crippen molar-refractivity contribution in [1.29, 1.82) is 0 Å². The van der Waals surface area contributed by atoms with Gasteiger partial charge in [0.1, 0.15) is 11.4 Å². The number of carboxylic acid groups (broad SMARTS) is 1. The number of hydrogen-bond donors (Lipinski definition) is 2. The van der Waals surface area contributed by atoms with Gasteiger partial charge in [-0.25, -0.2) is 0 Å². The van der Waals surface area contributed by atoms with Crippen molar-refractivity contribution in [2.45, 2.75) is 19.4 Å². The highest BCUT2D eigenvalue weighted by molar-refractivity contribution is 6.30. The SMILES string of the molecule is CC(C)(Oc1ccc(C(=O)c2ccc(Cl)cc2)cc1)C(=O)[O-].[NH3+]CCO. The molecule has 0 saturated carbocycles. The molecular weight excluding hydrogens is 358 g/mol. The fraction of sp³-hybridized carbons (Fsp3) is 0.263. The number of carboxylic acids is 1. The number of aliphatic hydroxyl groups excluding tert-OH is 1. The Hall–Kier alpha value is -2.41. The number of ketones is 1. The highest BCUT2D eigenvalue weighted by Crippen LogP contribution is 2.20. The number of hydrogen-bond acceptors (Lipinski definition) is 5. The molecule has 7 heteroatoms. The molecule has 0 aromatic heterocycles. The maximum atomic E-state index is 12.3. The summed E-state index contributed by atoms with van der Waals surface area (Å²) in [5, 5.41) is 19.3. The second kappa shape index (κ2) is 9.91. The van der Waals surface area contributed by atoms with Gasteiger partial charge >= 0.3 is 0 Å². The van der Waals surface area contributed by atoms with Gasteiger partial charge in [0, 0.05) is 16.1 Å². The number of benzene rings is 2. The van der Waals surface area contributed by atoms with Crippen LogP contribution in [0.15, 0.2) is 48.5 Å². The fourth-order valence-electron chi connectivity index (χ4n) is 1.78. The minimum atomic E-state index is -1.44. The number of aliphatic hydroxyl groups is 1. The molecule has 0 radical (unpaired) electrons. The molecule has 2 aromatic rings. The number of halogens is 1. The van der Waals surface area contributed by atoms with E-state index in [1.165, 1.54) is 13.8 Å². The largest absolute Gasteiger partial charge is 0.546 e. The van der Waals surface area contributed by atoms with E-state index in [-0.39, 0.29) is 12.4 Å². The van der Waals surface area contributed by atoms with Gasteiger partial charge in [0.2, 0.25) is 0 Å². The lowest BCUT2D eigenvalue weighted by Crippen LogP contribution is -2.51. The van der Waals surface area contributed by atoms with Crippen molar-refractivity contribution in [3.63, 3.8) is 0 Å². The van der Waals surface area contributed by atoms with E-state index in [0.717, 1.165) is 0 Å². The first-order chi connectivity index (χ1) is 12.2. The zero-order chi connectivity index (χ0) is 19.7. The third kappa shape index (κ3) is 6.48. The summed E-state index contributed by atoms with van der Waals surface area (Å²) in [5.41, 5.74) is 2.91. The van der Waals surface area contributed by atoms with Crippen LogP contribution in [0.3, 0.4) is 0 Å².